The van der Waals surface area contributed by atoms with Crippen LogP contribution in [0.25, 0.3) is 0 Å². The minimum Gasteiger partial charge on any atom is -0.212 e. The molecule has 0 aromatic heterocycles. The van der Waals surface area contributed by atoms with Gasteiger partial charge < -0.3 is 0 Å². The first-order valence-corrected chi connectivity index (χ1v) is 6.39. The molecule has 0 aliphatic heterocycles. The summed E-state index contributed by atoms with van der Waals surface area (Å²) in [6.07, 6.45) is 3.60. The van der Waals surface area contributed by atoms with Crippen LogP contribution in [0.15, 0.2) is 0 Å². The van der Waals surface area contributed by atoms with Gasteiger partial charge >= 0.3 is 0 Å². The van der Waals surface area contributed by atoms with E-state index in [2.05, 4.69) is 0 Å². The van der Waals surface area contributed by atoms with Gasteiger partial charge in [0.1, 0.15) is 0 Å². The van der Waals surface area contributed by atoms with Gasteiger partial charge in [0, 0.05) is 10.7 Å². The lowest BCUT2D eigenvalue weighted by atomic mass is 9.77. The molecule has 0 spiro atoms. The highest BCUT2D eigenvalue weighted by molar-refractivity contribution is 8.13. The van der Waals surface area contributed by atoms with Gasteiger partial charge in [-0.05, 0) is 11.8 Å². The summed E-state index contributed by atoms with van der Waals surface area (Å²) >= 11 is 0. The van der Waals surface area contributed by atoms with Crippen LogP contribution in [0.1, 0.15) is 26.2 Å². The molecule has 66 valence electrons. The summed E-state index contributed by atoms with van der Waals surface area (Å²) in [5, 5.41) is 0. The van der Waals surface area contributed by atoms with Crippen molar-refractivity contribution in [3.8, 4) is 0 Å². The molecule has 1 atom stereocenters. The molecule has 11 heavy (non-hydrogen) atoms. The highest BCUT2D eigenvalue weighted by Gasteiger charge is 2.26. The maximum absolute atomic E-state index is 10.7. The molecular formula is C7H13ClO2S. The molecule has 1 aliphatic carbocycles. The minimum absolute atomic E-state index is 0.138. The highest BCUT2D eigenvalue weighted by atomic mass is 35.7. The van der Waals surface area contributed by atoms with Crippen LogP contribution < -0.4 is 0 Å². The Morgan fingerprint density at radius 3 is 2.36 bits per heavy atom. The number of rotatable bonds is 3. The van der Waals surface area contributed by atoms with Crippen molar-refractivity contribution >= 4 is 19.7 Å². The molecule has 0 aromatic rings. The Hall–Kier alpha value is 0.240. The molecule has 0 N–H and O–H groups in total. The Balaban J connectivity index is 2.36. The predicted octanol–water partition coefficient (Wildman–Crippen LogP) is 1.99. The number of halogens is 1. The van der Waals surface area contributed by atoms with Crippen molar-refractivity contribution in [2.45, 2.75) is 26.2 Å². The lowest BCUT2D eigenvalue weighted by Gasteiger charge is -2.30. The minimum atomic E-state index is -3.27. The lowest BCUT2D eigenvalue weighted by molar-refractivity contribution is 0.237. The highest BCUT2D eigenvalue weighted by Crippen LogP contribution is 2.34. The van der Waals surface area contributed by atoms with E-state index in [1.807, 2.05) is 6.92 Å². The average Bonchev–Trinajstić information content (AvgIpc) is 1.50. The van der Waals surface area contributed by atoms with Crippen LogP contribution in [0.2, 0.25) is 0 Å². The van der Waals surface area contributed by atoms with E-state index in [1.165, 1.54) is 19.3 Å². The fourth-order valence-corrected chi connectivity index (χ4v) is 2.96. The van der Waals surface area contributed by atoms with Crippen LogP contribution in [0.4, 0.5) is 0 Å². The van der Waals surface area contributed by atoms with Gasteiger partial charge in [0.15, 0.2) is 0 Å². The second-order valence-corrected chi connectivity index (χ2v) is 6.20. The van der Waals surface area contributed by atoms with Gasteiger partial charge in [0.05, 0.1) is 5.75 Å². The van der Waals surface area contributed by atoms with Crippen molar-refractivity contribution < 1.29 is 8.42 Å². The fourth-order valence-electron chi connectivity index (χ4n) is 1.46. The van der Waals surface area contributed by atoms with Crippen molar-refractivity contribution in [3.05, 3.63) is 0 Å². The van der Waals surface area contributed by atoms with E-state index in [9.17, 15) is 8.42 Å². The molecule has 1 fully saturated rings. The summed E-state index contributed by atoms with van der Waals surface area (Å²) in [7, 11) is 1.85. The average molecular weight is 197 g/mol. The smallest absolute Gasteiger partial charge is 0.212 e. The third-order valence-corrected chi connectivity index (χ3v) is 3.72. The zero-order valence-electron chi connectivity index (χ0n) is 6.59. The monoisotopic (exact) mass is 196 g/mol. The fraction of sp³-hybridized carbons (Fsp3) is 1.00. The molecule has 1 saturated carbocycles. The van der Waals surface area contributed by atoms with E-state index in [0.29, 0.717) is 5.92 Å². The van der Waals surface area contributed by atoms with E-state index >= 15 is 0 Å². The predicted molar refractivity (Wildman–Crippen MR) is 46.1 cm³/mol. The summed E-state index contributed by atoms with van der Waals surface area (Å²) in [6, 6.07) is 0. The second-order valence-electron chi connectivity index (χ2n) is 3.37. The van der Waals surface area contributed by atoms with E-state index in [1.54, 1.807) is 0 Å². The van der Waals surface area contributed by atoms with Crippen LogP contribution >= 0.6 is 10.7 Å². The third kappa shape index (κ3) is 2.99. The Kier molecular flexibility index (Phi) is 2.81. The van der Waals surface area contributed by atoms with Gasteiger partial charge in [-0.15, -0.1) is 0 Å². The zero-order valence-corrected chi connectivity index (χ0v) is 8.16. The normalized spacial score (nSPS) is 22.7. The van der Waals surface area contributed by atoms with E-state index in [0.717, 1.165) is 0 Å². The summed E-state index contributed by atoms with van der Waals surface area (Å²) in [6.45, 7) is 1.96. The van der Waals surface area contributed by atoms with Gasteiger partial charge in [0.2, 0.25) is 9.05 Å². The van der Waals surface area contributed by atoms with Gasteiger partial charge in [-0.2, -0.15) is 0 Å². The third-order valence-electron chi connectivity index (χ3n) is 2.42. The molecule has 0 radical (unpaired) electrons. The largest absolute Gasteiger partial charge is 0.232 e. The van der Waals surface area contributed by atoms with Crippen molar-refractivity contribution in [1.29, 1.82) is 0 Å². The lowest BCUT2D eigenvalue weighted by Crippen LogP contribution is -2.24. The molecular weight excluding hydrogens is 184 g/mol. The van der Waals surface area contributed by atoms with Crippen LogP contribution in [-0.2, 0) is 9.05 Å². The van der Waals surface area contributed by atoms with Crippen LogP contribution in [0.5, 0.6) is 0 Å². The van der Waals surface area contributed by atoms with Crippen LogP contribution in [0, 0.1) is 11.8 Å². The molecule has 0 heterocycles. The van der Waals surface area contributed by atoms with E-state index in [4.69, 9.17) is 10.7 Å². The molecule has 0 amide bonds. The Bertz CT molecular complexity index is 219. The maximum atomic E-state index is 10.7. The first-order valence-electron chi connectivity index (χ1n) is 3.91. The van der Waals surface area contributed by atoms with Crippen LogP contribution in [-0.4, -0.2) is 14.2 Å². The van der Waals surface area contributed by atoms with Gasteiger partial charge in [-0.25, -0.2) is 8.42 Å². The van der Waals surface area contributed by atoms with E-state index < -0.39 is 9.05 Å². The Labute approximate surface area is 72.4 Å². The summed E-state index contributed by atoms with van der Waals surface area (Å²) in [5.41, 5.74) is 0. The number of hydrogen-bond donors (Lipinski definition) is 0. The van der Waals surface area contributed by atoms with Gasteiger partial charge in [-0.3, -0.25) is 0 Å². The van der Waals surface area contributed by atoms with Crippen molar-refractivity contribution in [1.82, 2.24) is 0 Å². The molecule has 1 aliphatic rings. The Morgan fingerprint density at radius 1 is 1.55 bits per heavy atom. The molecule has 4 heteroatoms. The first-order chi connectivity index (χ1) is 4.99. The quantitative estimate of drug-likeness (QED) is 0.647. The summed E-state index contributed by atoms with van der Waals surface area (Å²) in [4.78, 5) is 0. The molecule has 1 unspecified atom stereocenters. The van der Waals surface area contributed by atoms with Gasteiger partial charge in [0.25, 0.3) is 0 Å². The maximum Gasteiger partial charge on any atom is 0.232 e. The van der Waals surface area contributed by atoms with Crippen molar-refractivity contribution in [2.24, 2.45) is 11.8 Å². The van der Waals surface area contributed by atoms with E-state index in [-0.39, 0.29) is 11.7 Å². The Morgan fingerprint density at radius 2 is 2.09 bits per heavy atom. The molecule has 2 nitrogen and oxygen atoms in total. The number of hydrogen-bond acceptors (Lipinski definition) is 2. The molecule has 0 saturated heterocycles. The van der Waals surface area contributed by atoms with Crippen molar-refractivity contribution in [2.75, 3.05) is 5.75 Å². The second kappa shape index (κ2) is 3.31. The topological polar surface area (TPSA) is 34.1 Å². The van der Waals surface area contributed by atoms with Crippen LogP contribution in [0.3, 0.4) is 0 Å². The SMILES string of the molecule is CC(CS(=O)(=O)Cl)C1CCC1. The van der Waals surface area contributed by atoms with Crippen molar-refractivity contribution in [3.63, 3.8) is 0 Å². The first kappa shape index (κ1) is 9.33. The molecule has 1 rings (SSSR count). The zero-order chi connectivity index (χ0) is 8.48. The standard InChI is InChI=1S/C7H13ClO2S/c1-6(5-11(8,9)10)7-3-2-4-7/h6-7H,2-5H2,1H3. The summed E-state index contributed by atoms with van der Waals surface area (Å²) in [5.74, 6) is 0.981. The summed E-state index contributed by atoms with van der Waals surface area (Å²) < 4.78 is 21.3. The van der Waals surface area contributed by atoms with Gasteiger partial charge in [-0.1, -0.05) is 26.2 Å². The molecule has 0 bridgehead atoms. The molecule has 0 aromatic carbocycles.